The minimum absolute atomic E-state index is 0.00858. The maximum absolute atomic E-state index is 5.88. The van der Waals surface area contributed by atoms with Gasteiger partial charge in [-0.1, -0.05) is 263 Å². The predicted octanol–water partition coefficient (Wildman–Crippen LogP) is 30.1. The third-order valence-corrected chi connectivity index (χ3v) is 23.2. The summed E-state index contributed by atoms with van der Waals surface area (Å²) < 4.78 is 12.0. The average molecular weight is 1800 g/mol. The standard InChI is InChI=1S/C50H42Br2N2.C22H27Br2N3O.C22H21Br2N/c1-49(2,3)37-17-7-31(8-18-37)41-29-47(33-11-21-39(51)22-12-33)53-45-25-15-35(27-43(41)45)36-16-26-46-44(28-36)42(32-9-19-38(20-10-32)50(4,5)6)30-48(54-46)34-13-23-40(52)24-14-34;1-12-9-15(23)18-19(17(12)24)26-27(25-18)16-11-13(21(2,3)4)10-14(20(16)28-8)22(5,6)7;1-2-3-4-17-5-11-20(12-6-17)25(21-13-7-18(23)8-14-21)22-15-9-19(24)10-16-22/h7-30H,1-6H3;9-11H,1-8H3;5-16H,2-4H2,1H3. The van der Waals surface area contributed by atoms with Gasteiger partial charge in [0.25, 0.3) is 0 Å². The van der Waals surface area contributed by atoms with Crippen molar-refractivity contribution in [3.05, 3.63) is 297 Å². The van der Waals surface area contributed by atoms with E-state index in [9.17, 15) is 0 Å². The first-order valence-corrected chi connectivity index (χ1v) is 41.1. The zero-order valence-electron chi connectivity index (χ0n) is 63.5. The summed E-state index contributed by atoms with van der Waals surface area (Å²) in [7, 11) is 1.71. The fourth-order valence-corrected chi connectivity index (χ4v) is 15.2. The molecule has 0 aliphatic rings. The maximum Gasteiger partial charge on any atom is 0.150 e. The molecule has 0 fully saturated rings. The van der Waals surface area contributed by atoms with Crippen molar-refractivity contribution in [2.75, 3.05) is 12.0 Å². The lowest BCUT2D eigenvalue weighted by Gasteiger charge is -2.28. The minimum atomic E-state index is -0.0777. The molecule has 0 N–H and O–H groups in total. The van der Waals surface area contributed by atoms with Crippen molar-refractivity contribution >= 4 is 145 Å². The highest BCUT2D eigenvalue weighted by Gasteiger charge is 2.29. The van der Waals surface area contributed by atoms with Gasteiger partial charge in [-0.3, -0.25) is 0 Å². The normalized spacial score (nSPS) is 11.9. The second kappa shape index (κ2) is 32.7. The first-order chi connectivity index (χ1) is 50.8. The number of aromatic nitrogens is 5. The molecular formula is C94H90Br6N6O. The lowest BCUT2D eigenvalue weighted by Crippen LogP contribution is -2.19. The number of hydrogen-bond donors (Lipinski definition) is 0. The molecule has 0 unspecified atom stereocenters. The Morgan fingerprint density at radius 3 is 1.17 bits per heavy atom. The number of pyridine rings is 2. The number of halogens is 6. The Balaban J connectivity index is 0.000000169. The van der Waals surface area contributed by atoms with Crippen LogP contribution in [0.4, 0.5) is 17.1 Å². The molecule has 107 heavy (non-hydrogen) atoms. The summed E-state index contributed by atoms with van der Waals surface area (Å²) in [4.78, 5) is 14.4. The van der Waals surface area contributed by atoms with Crippen LogP contribution < -0.4 is 9.64 Å². The van der Waals surface area contributed by atoms with Crippen LogP contribution in [0.5, 0.6) is 5.75 Å². The van der Waals surface area contributed by atoms with Crippen molar-refractivity contribution in [2.45, 2.75) is 138 Å². The molecule has 11 aromatic carbocycles. The largest absolute Gasteiger partial charge is 0.494 e. The van der Waals surface area contributed by atoms with E-state index in [1.165, 1.54) is 63.0 Å². The van der Waals surface area contributed by atoms with E-state index in [1.54, 1.807) is 11.9 Å². The van der Waals surface area contributed by atoms with Crippen LogP contribution in [0.25, 0.3) is 94.4 Å². The molecule has 13 heteroatoms. The molecule has 7 nitrogen and oxygen atoms in total. The van der Waals surface area contributed by atoms with Crippen LogP contribution in [-0.2, 0) is 28.1 Å². The topological polar surface area (TPSA) is 69.0 Å². The molecule has 14 aromatic rings. The number of rotatable bonds is 13. The average Bonchev–Trinajstić information content (AvgIpc) is 1.73. The number of hydrogen-bond acceptors (Lipinski definition) is 6. The van der Waals surface area contributed by atoms with Gasteiger partial charge in [0.15, 0.2) is 0 Å². The zero-order valence-corrected chi connectivity index (χ0v) is 73.0. The van der Waals surface area contributed by atoms with Crippen LogP contribution in [0.15, 0.2) is 263 Å². The van der Waals surface area contributed by atoms with E-state index < -0.39 is 0 Å². The highest BCUT2D eigenvalue weighted by molar-refractivity contribution is 9.11. The SMILES string of the molecule is CC(C)(C)c1ccc(-c2cc(-c3ccc(Br)cc3)nc3ccc(-c4ccc5nc(-c6ccc(Br)cc6)cc(-c6ccc(C(C)(C)C)cc6)c5c4)cc23)cc1.CCCCc1ccc(N(c2ccc(Br)cc2)c2ccc(Br)cc2)cc1.COc1c(-n2nc3c(Br)cc(C)c(Br)c3n2)cc(C(C)(C)C)cc1C(C)(C)C. The third kappa shape index (κ3) is 18.4. The number of nitrogens with zero attached hydrogens (tertiary/aromatic N) is 6. The van der Waals surface area contributed by atoms with E-state index in [2.05, 4.69) is 427 Å². The molecule has 0 bridgehead atoms. The smallest absolute Gasteiger partial charge is 0.150 e. The van der Waals surface area contributed by atoms with Crippen molar-refractivity contribution < 1.29 is 4.74 Å². The van der Waals surface area contributed by atoms with Gasteiger partial charge in [0.2, 0.25) is 0 Å². The van der Waals surface area contributed by atoms with Gasteiger partial charge in [-0.25, -0.2) is 9.97 Å². The first kappa shape index (κ1) is 78.7. The second-order valence-corrected chi connectivity index (χ2v) is 36.9. The molecule has 3 heterocycles. The van der Waals surface area contributed by atoms with Gasteiger partial charge in [-0.05, 0) is 268 Å². The Hall–Kier alpha value is -7.88. The third-order valence-electron chi connectivity index (χ3n) is 19.4. The number of anilines is 3. The highest BCUT2D eigenvalue weighted by atomic mass is 79.9. The van der Waals surface area contributed by atoms with Crippen LogP contribution in [0.2, 0.25) is 0 Å². The fraction of sp³-hybridized carbons (Fsp3) is 0.234. The molecule has 544 valence electrons. The minimum Gasteiger partial charge on any atom is -0.494 e. The molecule has 0 saturated carbocycles. The summed E-state index contributed by atoms with van der Waals surface area (Å²) in [6, 6.07) is 85.0. The summed E-state index contributed by atoms with van der Waals surface area (Å²) in [5.74, 6) is 0.810. The Bertz CT molecular complexity index is 5260. The molecule has 0 saturated heterocycles. The maximum atomic E-state index is 5.88. The van der Waals surface area contributed by atoms with Gasteiger partial charge in [0.1, 0.15) is 22.5 Å². The van der Waals surface area contributed by atoms with Crippen molar-refractivity contribution in [1.82, 2.24) is 25.0 Å². The molecule has 0 aliphatic carbocycles. The van der Waals surface area contributed by atoms with E-state index in [0.717, 1.165) is 134 Å². The van der Waals surface area contributed by atoms with Gasteiger partial charge in [0.05, 0.1) is 34.0 Å². The van der Waals surface area contributed by atoms with Crippen LogP contribution in [0.3, 0.4) is 0 Å². The summed E-state index contributed by atoms with van der Waals surface area (Å²) in [6.45, 7) is 31.1. The van der Waals surface area contributed by atoms with Crippen molar-refractivity contribution in [3.63, 3.8) is 0 Å². The van der Waals surface area contributed by atoms with E-state index in [-0.39, 0.29) is 21.7 Å². The quantitative estimate of drug-likeness (QED) is 0.115. The van der Waals surface area contributed by atoms with Crippen LogP contribution in [-0.4, -0.2) is 32.1 Å². The number of ether oxygens (including phenoxy) is 1. The number of methoxy groups -OCH3 is 1. The zero-order chi connectivity index (χ0) is 76.4. The first-order valence-electron chi connectivity index (χ1n) is 36.3. The second-order valence-electron chi connectivity index (χ2n) is 31.6. The summed E-state index contributed by atoms with van der Waals surface area (Å²) in [6.07, 6.45) is 3.61. The van der Waals surface area contributed by atoms with Crippen molar-refractivity contribution in [2.24, 2.45) is 0 Å². The molecule has 14 rings (SSSR count). The molecule has 0 spiro atoms. The number of aryl methyl sites for hydroxylation is 2. The van der Waals surface area contributed by atoms with E-state index >= 15 is 0 Å². The van der Waals surface area contributed by atoms with E-state index in [1.807, 2.05) is 6.92 Å². The molecule has 3 aromatic heterocycles. The van der Waals surface area contributed by atoms with Gasteiger partial charge in [0, 0.05) is 66.9 Å². The number of unbranched alkanes of at least 4 members (excludes halogenated alkanes) is 1. The summed E-state index contributed by atoms with van der Waals surface area (Å²) in [5.41, 5.74) is 26.5. The number of fused-ring (bicyclic) bond motifs is 3. The monoisotopic (exact) mass is 1790 g/mol. The summed E-state index contributed by atoms with van der Waals surface area (Å²) >= 11 is 21.5. The van der Waals surface area contributed by atoms with Gasteiger partial charge in [-0.15, -0.1) is 15.0 Å². The van der Waals surface area contributed by atoms with Crippen LogP contribution >= 0.6 is 95.6 Å². The highest BCUT2D eigenvalue weighted by Crippen LogP contribution is 2.44. The van der Waals surface area contributed by atoms with E-state index in [0.29, 0.717) is 0 Å². The summed E-state index contributed by atoms with van der Waals surface area (Å²) in [5, 5.41) is 11.8. The molecule has 0 atom stereocenters. The molecular weight excluding hydrogens is 1710 g/mol. The Morgan fingerprint density at radius 2 is 0.776 bits per heavy atom. The van der Waals surface area contributed by atoms with Crippen molar-refractivity contribution in [3.8, 4) is 67.3 Å². The van der Waals surface area contributed by atoms with Gasteiger partial charge < -0.3 is 9.64 Å². The fourth-order valence-electron chi connectivity index (χ4n) is 13.1. The Kier molecular flexibility index (Phi) is 24.1. The lowest BCUT2D eigenvalue weighted by atomic mass is 9.79. The molecule has 0 radical (unpaired) electrons. The van der Waals surface area contributed by atoms with Crippen LogP contribution in [0, 0.1) is 6.92 Å². The van der Waals surface area contributed by atoms with E-state index in [4.69, 9.17) is 24.9 Å². The molecule has 0 aliphatic heterocycles. The number of benzene rings is 11. The Morgan fingerprint density at radius 1 is 0.393 bits per heavy atom. The Labute approximate surface area is 682 Å². The van der Waals surface area contributed by atoms with Crippen LogP contribution in [0.1, 0.15) is 136 Å². The van der Waals surface area contributed by atoms with Gasteiger partial charge >= 0.3 is 0 Å². The lowest BCUT2D eigenvalue weighted by molar-refractivity contribution is 0.392. The van der Waals surface area contributed by atoms with Crippen molar-refractivity contribution in [1.29, 1.82) is 0 Å². The predicted molar refractivity (Wildman–Crippen MR) is 475 cm³/mol. The van der Waals surface area contributed by atoms with Gasteiger partial charge in [-0.2, -0.15) is 0 Å². The molecule has 0 amide bonds.